The molecular formula is C12H18BrN3O3. The number of hydrogen-bond acceptors (Lipinski definition) is 4. The summed E-state index contributed by atoms with van der Waals surface area (Å²) in [7, 11) is 1.57. The van der Waals surface area contributed by atoms with Crippen molar-refractivity contribution in [2.24, 2.45) is 0 Å². The van der Waals surface area contributed by atoms with Crippen LogP contribution in [-0.4, -0.2) is 35.2 Å². The predicted octanol–water partition coefficient (Wildman–Crippen LogP) is 0.774. The number of amides is 1. The van der Waals surface area contributed by atoms with Crippen LogP contribution in [0.15, 0.2) is 9.27 Å². The number of carbonyl (C=O) groups excluding carboxylic acids is 1. The third-order valence-electron chi connectivity index (χ3n) is 2.66. The van der Waals surface area contributed by atoms with E-state index in [0.29, 0.717) is 18.0 Å². The third kappa shape index (κ3) is 4.14. The monoisotopic (exact) mass is 331 g/mol. The number of nitrogens with zero attached hydrogens (tertiary/aromatic N) is 2. The van der Waals surface area contributed by atoms with Gasteiger partial charge in [0.25, 0.3) is 0 Å². The molecule has 0 saturated carbocycles. The van der Waals surface area contributed by atoms with Gasteiger partial charge in [0.15, 0.2) is 0 Å². The summed E-state index contributed by atoms with van der Waals surface area (Å²) in [6.07, 6.45) is 0. The quantitative estimate of drug-likeness (QED) is 0.865. The Kier molecular flexibility index (Phi) is 5.68. The van der Waals surface area contributed by atoms with E-state index in [1.165, 1.54) is 4.57 Å². The third-order valence-corrected chi connectivity index (χ3v) is 3.81. The summed E-state index contributed by atoms with van der Waals surface area (Å²) in [6, 6.07) is -0.102. The van der Waals surface area contributed by atoms with Crippen LogP contribution in [0.2, 0.25) is 0 Å². The first-order valence-electron chi connectivity index (χ1n) is 5.88. The van der Waals surface area contributed by atoms with Crippen LogP contribution < -0.4 is 11.0 Å². The first kappa shape index (κ1) is 15.8. The van der Waals surface area contributed by atoms with E-state index in [1.807, 2.05) is 6.92 Å². The molecule has 1 atom stereocenters. The van der Waals surface area contributed by atoms with Crippen LogP contribution in [-0.2, 0) is 16.1 Å². The van der Waals surface area contributed by atoms with Gasteiger partial charge in [-0.1, -0.05) is 0 Å². The Balaban J connectivity index is 2.86. The van der Waals surface area contributed by atoms with Gasteiger partial charge in [0.2, 0.25) is 5.91 Å². The van der Waals surface area contributed by atoms with Gasteiger partial charge in [-0.3, -0.25) is 9.36 Å². The lowest BCUT2D eigenvalue weighted by atomic mass is 10.3. The summed E-state index contributed by atoms with van der Waals surface area (Å²) in [5, 5.41) is 2.75. The Morgan fingerprint density at radius 3 is 2.74 bits per heavy atom. The van der Waals surface area contributed by atoms with E-state index in [2.05, 4.69) is 26.2 Å². The minimum Gasteiger partial charge on any atom is -0.383 e. The number of nitrogens with one attached hydrogen (secondary N) is 1. The fourth-order valence-electron chi connectivity index (χ4n) is 1.72. The lowest BCUT2D eigenvalue weighted by Crippen LogP contribution is -2.40. The Morgan fingerprint density at radius 1 is 1.53 bits per heavy atom. The van der Waals surface area contributed by atoms with Crippen molar-refractivity contribution in [3.05, 3.63) is 26.3 Å². The Labute approximate surface area is 120 Å². The highest BCUT2D eigenvalue weighted by Crippen LogP contribution is 2.16. The van der Waals surface area contributed by atoms with Crippen LogP contribution in [0.4, 0.5) is 0 Å². The number of halogens is 1. The van der Waals surface area contributed by atoms with Gasteiger partial charge >= 0.3 is 5.69 Å². The summed E-state index contributed by atoms with van der Waals surface area (Å²) in [5.74, 6) is -0.243. The lowest BCUT2D eigenvalue weighted by Gasteiger charge is -2.15. The number of hydrogen-bond donors (Lipinski definition) is 1. The van der Waals surface area contributed by atoms with Crippen LogP contribution in [0.5, 0.6) is 0 Å². The van der Waals surface area contributed by atoms with Crippen LogP contribution in [0.25, 0.3) is 0 Å². The van der Waals surface area contributed by atoms with Crippen molar-refractivity contribution in [1.29, 1.82) is 0 Å². The first-order valence-corrected chi connectivity index (χ1v) is 6.68. The standard InChI is InChI=1S/C12H18BrN3O3/c1-7(6-19-4)14-10(17)5-16-9(3)11(13)8(2)15-12(16)18/h7H,5-6H2,1-4H3,(H,14,17). The zero-order valence-corrected chi connectivity index (χ0v) is 13.1. The fourth-order valence-corrected chi connectivity index (χ4v) is 2.02. The zero-order chi connectivity index (χ0) is 14.6. The van der Waals surface area contributed by atoms with Crippen molar-refractivity contribution in [3.8, 4) is 0 Å². The molecule has 1 aromatic rings. The van der Waals surface area contributed by atoms with E-state index in [-0.39, 0.29) is 18.5 Å². The van der Waals surface area contributed by atoms with E-state index in [0.717, 1.165) is 4.47 Å². The largest absolute Gasteiger partial charge is 0.383 e. The smallest absolute Gasteiger partial charge is 0.348 e. The first-order chi connectivity index (χ1) is 8.86. The molecule has 1 unspecified atom stereocenters. The van der Waals surface area contributed by atoms with E-state index in [1.54, 1.807) is 21.0 Å². The Hall–Kier alpha value is -1.21. The molecule has 0 radical (unpaired) electrons. The SMILES string of the molecule is COCC(C)NC(=O)Cn1c(C)c(Br)c(C)nc1=O. The number of aromatic nitrogens is 2. The molecule has 6 nitrogen and oxygen atoms in total. The van der Waals surface area contributed by atoms with Crippen molar-refractivity contribution < 1.29 is 9.53 Å². The molecule has 1 heterocycles. The summed E-state index contributed by atoms with van der Waals surface area (Å²) in [6.45, 7) is 5.72. The summed E-state index contributed by atoms with van der Waals surface area (Å²) in [5.41, 5.74) is 0.881. The second-order valence-electron chi connectivity index (χ2n) is 4.39. The summed E-state index contributed by atoms with van der Waals surface area (Å²) < 4.78 is 7.01. The van der Waals surface area contributed by atoms with E-state index >= 15 is 0 Å². The maximum Gasteiger partial charge on any atom is 0.348 e. The molecule has 0 bridgehead atoms. The van der Waals surface area contributed by atoms with Gasteiger partial charge < -0.3 is 10.1 Å². The van der Waals surface area contributed by atoms with Gasteiger partial charge in [-0.15, -0.1) is 0 Å². The van der Waals surface area contributed by atoms with Crippen molar-refractivity contribution in [1.82, 2.24) is 14.9 Å². The highest BCUT2D eigenvalue weighted by atomic mass is 79.9. The second-order valence-corrected chi connectivity index (χ2v) is 5.18. The van der Waals surface area contributed by atoms with Crippen molar-refractivity contribution in [3.63, 3.8) is 0 Å². The number of methoxy groups -OCH3 is 1. The minimum absolute atomic E-state index is 0.0510. The van der Waals surface area contributed by atoms with E-state index in [9.17, 15) is 9.59 Å². The van der Waals surface area contributed by atoms with Crippen LogP contribution in [0, 0.1) is 13.8 Å². The van der Waals surface area contributed by atoms with Crippen LogP contribution in [0.3, 0.4) is 0 Å². The van der Waals surface area contributed by atoms with Crippen molar-refractivity contribution >= 4 is 21.8 Å². The van der Waals surface area contributed by atoms with Gasteiger partial charge in [-0.2, -0.15) is 4.98 Å². The average molecular weight is 332 g/mol. The fraction of sp³-hybridized carbons (Fsp3) is 0.583. The molecule has 106 valence electrons. The number of carbonyl (C=O) groups is 1. The predicted molar refractivity (Wildman–Crippen MR) is 75.2 cm³/mol. The maximum atomic E-state index is 11.8. The molecule has 0 spiro atoms. The molecule has 1 amide bonds. The van der Waals surface area contributed by atoms with Gasteiger partial charge in [0, 0.05) is 18.8 Å². The van der Waals surface area contributed by atoms with Crippen molar-refractivity contribution in [2.45, 2.75) is 33.4 Å². The molecule has 0 aliphatic carbocycles. The zero-order valence-electron chi connectivity index (χ0n) is 11.5. The van der Waals surface area contributed by atoms with E-state index in [4.69, 9.17) is 4.74 Å². The molecule has 0 aliphatic rings. The highest BCUT2D eigenvalue weighted by molar-refractivity contribution is 9.10. The number of ether oxygens (including phenoxy) is 1. The van der Waals surface area contributed by atoms with E-state index < -0.39 is 5.69 Å². The normalized spacial score (nSPS) is 12.3. The van der Waals surface area contributed by atoms with Gasteiger partial charge in [0.1, 0.15) is 6.54 Å². The van der Waals surface area contributed by atoms with Gasteiger partial charge in [-0.05, 0) is 36.7 Å². The maximum absolute atomic E-state index is 11.8. The lowest BCUT2D eigenvalue weighted by molar-refractivity contribution is -0.122. The number of aryl methyl sites for hydroxylation is 1. The van der Waals surface area contributed by atoms with Gasteiger partial charge in [-0.25, -0.2) is 4.79 Å². The minimum atomic E-state index is -0.423. The Bertz CT molecular complexity index is 528. The average Bonchev–Trinajstić information content (AvgIpc) is 2.32. The Morgan fingerprint density at radius 2 is 2.16 bits per heavy atom. The molecular weight excluding hydrogens is 314 g/mol. The molecule has 0 fully saturated rings. The number of rotatable bonds is 5. The van der Waals surface area contributed by atoms with Gasteiger partial charge in [0.05, 0.1) is 16.8 Å². The topological polar surface area (TPSA) is 73.2 Å². The summed E-state index contributed by atoms with van der Waals surface area (Å²) in [4.78, 5) is 27.5. The molecule has 1 aromatic heterocycles. The summed E-state index contributed by atoms with van der Waals surface area (Å²) >= 11 is 3.36. The highest BCUT2D eigenvalue weighted by Gasteiger charge is 2.13. The molecule has 1 N–H and O–H groups in total. The van der Waals surface area contributed by atoms with Crippen LogP contribution in [0.1, 0.15) is 18.3 Å². The second kappa shape index (κ2) is 6.81. The van der Waals surface area contributed by atoms with Crippen molar-refractivity contribution in [2.75, 3.05) is 13.7 Å². The molecule has 19 heavy (non-hydrogen) atoms. The molecule has 0 aromatic carbocycles. The molecule has 0 aliphatic heterocycles. The van der Waals surface area contributed by atoms with Crippen LogP contribution >= 0.6 is 15.9 Å². The molecule has 1 rings (SSSR count). The molecule has 7 heteroatoms. The molecule has 0 saturated heterocycles.